The van der Waals surface area contributed by atoms with Gasteiger partial charge in [0.05, 0.1) is 0 Å². The fraction of sp³-hybridized carbons (Fsp3) is 0.600. The zero-order chi connectivity index (χ0) is 6.41. The maximum Gasteiger partial charge on any atom is 0.181 e. The molecule has 0 N–H and O–H groups in total. The molecule has 0 bridgehead atoms. The Balaban J connectivity index is 3.66. The second kappa shape index (κ2) is 4.84. The summed E-state index contributed by atoms with van der Waals surface area (Å²) in [5, 5.41) is 0.771. The SMILES string of the molecule is C=NC(=NCC)SC. The molecule has 0 spiro atoms. The summed E-state index contributed by atoms with van der Waals surface area (Å²) in [5.74, 6) is 0. The fourth-order valence-corrected chi connectivity index (χ4v) is 0.702. The van der Waals surface area contributed by atoms with E-state index >= 15 is 0 Å². The van der Waals surface area contributed by atoms with Gasteiger partial charge in [-0.3, -0.25) is 4.99 Å². The van der Waals surface area contributed by atoms with Crippen LogP contribution in [-0.2, 0) is 0 Å². The second-order valence-electron chi connectivity index (χ2n) is 1.12. The van der Waals surface area contributed by atoms with E-state index in [0.717, 1.165) is 11.7 Å². The summed E-state index contributed by atoms with van der Waals surface area (Å²) in [6, 6.07) is 0. The van der Waals surface area contributed by atoms with Crippen LogP contribution in [0.4, 0.5) is 0 Å². The molecular formula is C5H10N2S. The monoisotopic (exact) mass is 130 g/mol. The van der Waals surface area contributed by atoms with Crippen molar-refractivity contribution < 1.29 is 0 Å². The van der Waals surface area contributed by atoms with Gasteiger partial charge in [0, 0.05) is 6.54 Å². The van der Waals surface area contributed by atoms with E-state index in [-0.39, 0.29) is 0 Å². The lowest BCUT2D eigenvalue weighted by Crippen LogP contribution is -1.84. The standard InChI is InChI=1S/C5H10N2S/c1-4-7-5(6-2)8-3/h2,4H2,1,3H3. The van der Waals surface area contributed by atoms with Crippen LogP contribution in [0, 0.1) is 0 Å². The third kappa shape index (κ3) is 2.80. The van der Waals surface area contributed by atoms with Gasteiger partial charge in [0.25, 0.3) is 0 Å². The van der Waals surface area contributed by atoms with Gasteiger partial charge < -0.3 is 0 Å². The predicted octanol–water partition coefficient (Wildman–Crippen LogP) is 1.43. The molecule has 0 amide bonds. The van der Waals surface area contributed by atoms with Crippen LogP contribution in [0.5, 0.6) is 0 Å². The number of thioether (sulfide) groups is 1. The van der Waals surface area contributed by atoms with Crippen molar-refractivity contribution in [2.45, 2.75) is 6.92 Å². The molecule has 46 valence electrons. The first kappa shape index (κ1) is 7.69. The van der Waals surface area contributed by atoms with E-state index in [1.165, 1.54) is 11.8 Å². The average molecular weight is 130 g/mol. The van der Waals surface area contributed by atoms with Gasteiger partial charge >= 0.3 is 0 Å². The first-order chi connectivity index (χ1) is 3.85. The van der Waals surface area contributed by atoms with Gasteiger partial charge in [-0.15, -0.1) is 0 Å². The van der Waals surface area contributed by atoms with E-state index in [2.05, 4.69) is 16.7 Å². The van der Waals surface area contributed by atoms with Gasteiger partial charge in [0.15, 0.2) is 5.17 Å². The molecule has 0 aliphatic carbocycles. The number of amidine groups is 1. The van der Waals surface area contributed by atoms with Crippen molar-refractivity contribution in [3.8, 4) is 0 Å². The maximum atomic E-state index is 4.01. The molecule has 0 rings (SSSR count). The van der Waals surface area contributed by atoms with Crippen LogP contribution in [0.3, 0.4) is 0 Å². The minimum Gasteiger partial charge on any atom is -0.261 e. The van der Waals surface area contributed by atoms with Gasteiger partial charge in [-0.1, -0.05) is 11.8 Å². The van der Waals surface area contributed by atoms with Gasteiger partial charge in [0.1, 0.15) is 0 Å². The van der Waals surface area contributed by atoms with E-state index in [1.807, 2.05) is 13.2 Å². The lowest BCUT2D eigenvalue weighted by Gasteiger charge is -1.89. The molecule has 0 aromatic heterocycles. The van der Waals surface area contributed by atoms with E-state index < -0.39 is 0 Å². The molecule has 0 aliphatic rings. The van der Waals surface area contributed by atoms with Crippen LogP contribution in [0.25, 0.3) is 0 Å². The van der Waals surface area contributed by atoms with Crippen LogP contribution in [0.2, 0.25) is 0 Å². The van der Waals surface area contributed by atoms with Gasteiger partial charge in [-0.05, 0) is 19.9 Å². The number of nitrogens with zero attached hydrogens (tertiary/aromatic N) is 2. The molecule has 0 saturated carbocycles. The lowest BCUT2D eigenvalue weighted by molar-refractivity contribution is 1.13. The highest BCUT2D eigenvalue weighted by Gasteiger charge is 1.84. The summed E-state index contributed by atoms with van der Waals surface area (Å²) in [6.45, 7) is 6.11. The number of rotatable bonds is 1. The van der Waals surface area contributed by atoms with Crippen molar-refractivity contribution >= 4 is 23.6 Å². The van der Waals surface area contributed by atoms with Crippen molar-refractivity contribution in [1.29, 1.82) is 0 Å². The van der Waals surface area contributed by atoms with Crippen LogP contribution in [-0.4, -0.2) is 24.7 Å². The topological polar surface area (TPSA) is 24.7 Å². The summed E-state index contributed by atoms with van der Waals surface area (Å²) in [6.07, 6.45) is 1.93. The number of aliphatic imine (C=N–C) groups is 2. The van der Waals surface area contributed by atoms with Crippen molar-refractivity contribution in [3.05, 3.63) is 0 Å². The first-order valence-electron chi connectivity index (χ1n) is 2.40. The van der Waals surface area contributed by atoms with Crippen LogP contribution < -0.4 is 0 Å². The van der Waals surface area contributed by atoms with Crippen molar-refractivity contribution in [1.82, 2.24) is 0 Å². The van der Waals surface area contributed by atoms with Crippen molar-refractivity contribution in [2.24, 2.45) is 9.98 Å². The van der Waals surface area contributed by atoms with E-state index in [0.29, 0.717) is 0 Å². The molecule has 2 nitrogen and oxygen atoms in total. The van der Waals surface area contributed by atoms with Crippen molar-refractivity contribution in [2.75, 3.05) is 12.8 Å². The third-order valence-corrected chi connectivity index (χ3v) is 1.23. The quantitative estimate of drug-likeness (QED) is 0.389. The minimum atomic E-state index is 0.771. The van der Waals surface area contributed by atoms with Crippen molar-refractivity contribution in [3.63, 3.8) is 0 Å². The predicted molar refractivity (Wildman–Crippen MR) is 41.0 cm³/mol. The summed E-state index contributed by atoms with van der Waals surface area (Å²) in [7, 11) is 0. The Morgan fingerprint density at radius 2 is 2.38 bits per heavy atom. The Bertz CT molecular complexity index is 98.6. The molecular weight excluding hydrogens is 120 g/mol. The maximum absolute atomic E-state index is 4.01. The normalized spacial score (nSPS) is 11.5. The zero-order valence-corrected chi connectivity index (χ0v) is 6.03. The minimum absolute atomic E-state index is 0.771. The molecule has 0 aliphatic heterocycles. The fourth-order valence-electron chi connectivity index (χ4n) is 0.314. The third-order valence-electron chi connectivity index (χ3n) is 0.611. The average Bonchev–Trinajstić information content (AvgIpc) is 1.83. The molecule has 8 heavy (non-hydrogen) atoms. The van der Waals surface area contributed by atoms with E-state index in [9.17, 15) is 0 Å². The molecule has 0 heterocycles. The molecule has 0 aromatic carbocycles. The molecule has 3 heteroatoms. The Labute approximate surface area is 54.1 Å². The summed E-state index contributed by atoms with van der Waals surface area (Å²) < 4.78 is 0. The highest BCUT2D eigenvalue weighted by Crippen LogP contribution is 1.97. The molecule has 0 radical (unpaired) electrons. The molecule has 0 fully saturated rings. The Hall–Kier alpha value is -0.310. The zero-order valence-electron chi connectivity index (χ0n) is 5.22. The number of hydrogen-bond donors (Lipinski definition) is 0. The first-order valence-corrected chi connectivity index (χ1v) is 3.62. The Morgan fingerprint density at radius 1 is 1.75 bits per heavy atom. The largest absolute Gasteiger partial charge is 0.261 e. The molecule has 0 aromatic rings. The summed E-state index contributed by atoms with van der Waals surface area (Å²) >= 11 is 1.52. The summed E-state index contributed by atoms with van der Waals surface area (Å²) in [4.78, 5) is 7.67. The highest BCUT2D eigenvalue weighted by molar-refractivity contribution is 8.13. The van der Waals surface area contributed by atoms with Gasteiger partial charge in [-0.2, -0.15) is 0 Å². The number of hydrogen-bond acceptors (Lipinski definition) is 2. The Kier molecular flexibility index (Phi) is 4.65. The van der Waals surface area contributed by atoms with Gasteiger partial charge in [-0.25, -0.2) is 4.99 Å². The second-order valence-corrected chi connectivity index (χ2v) is 1.89. The molecule has 0 atom stereocenters. The van der Waals surface area contributed by atoms with Crippen LogP contribution in [0.15, 0.2) is 9.98 Å². The van der Waals surface area contributed by atoms with Crippen LogP contribution in [0.1, 0.15) is 6.92 Å². The molecule has 0 saturated heterocycles. The lowest BCUT2D eigenvalue weighted by atomic mass is 10.8. The highest BCUT2D eigenvalue weighted by atomic mass is 32.2. The van der Waals surface area contributed by atoms with Gasteiger partial charge in [0.2, 0.25) is 0 Å². The Morgan fingerprint density at radius 3 is 2.50 bits per heavy atom. The van der Waals surface area contributed by atoms with Crippen LogP contribution >= 0.6 is 11.8 Å². The summed E-state index contributed by atoms with van der Waals surface area (Å²) in [5.41, 5.74) is 0. The molecule has 0 unspecified atom stereocenters. The smallest absolute Gasteiger partial charge is 0.181 e. The van der Waals surface area contributed by atoms with E-state index in [1.54, 1.807) is 0 Å². The van der Waals surface area contributed by atoms with E-state index in [4.69, 9.17) is 0 Å².